The topological polar surface area (TPSA) is 55.9 Å². The molecule has 1 atom stereocenters. The molecule has 0 fully saturated rings. The molecule has 1 aromatic carbocycles. The molecule has 5 heteroatoms. The van der Waals surface area contributed by atoms with Crippen LogP contribution in [0.2, 0.25) is 0 Å². The first-order chi connectivity index (χ1) is 8.80. The third-order valence-corrected chi connectivity index (χ3v) is 3.70. The Kier molecular flexibility index (Phi) is 4.41. The zero-order valence-electron chi connectivity index (χ0n) is 10.6. The molecule has 96 valence electrons. The molecule has 0 aliphatic rings. The van der Waals surface area contributed by atoms with E-state index in [2.05, 4.69) is 48.0 Å². The Labute approximate surface area is 112 Å². The van der Waals surface area contributed by atoms with Crippen LogP contribution in [0.4, 0.5) is 0 Å². The van der Waals surface area contributed by atoms with E-state index in [1.54, 1.807) is 18.0 Å². The van der Waals surface area contributed by atoms with Gasteiger partial charge in [0.15, 0.2) is 0 Å². The Morgan fingerprint density at radius 3 is 2.61 bits per heavy atom. The molecule has 0 bridgehead atoms. The van der Waals surface area contributed by atoms with Crippen molar-refractivity contribution < 1.29 is 0 Å². The van der Waals surface area contributed by atoms with Crippen LogP contribution >= 0.6 is 11.8 Å². The van der Waals surface area contributed by atoms with E-state index in [0.29, 0.717) is 0 Å². The number of hydrazine groups is 1. The summed E-state index contributed by atoms with van der Waals surface area (Å²) in [4.78, 5) is 1.25. The average Bonchev–Trinajstić information content (AvgIpc) is 2.89. The zero-order valence-corrected chi connectivity index (χ0v) is 11.4. The van der Waals surface area contributed by atoms with Gasteiger partial charge in [0.05, 0.1) is 11.7 Å². The van der Waals surface area contributed by atoms with E-state index in [0.717, 1.165) is 17.8 Å². The molecule has 4 nitrogen and oxygen atoms in total. The van der Waals surface area contributed by atoms with Gasteiger partial charge in [0.2, 0.25) is 0 Å². The minimum atomic E-state index is -0.0247. The van der Waals surface area contributed by atoms with Crippen LogP contribution in [-0.2, 0) is 6.54 Å². The van der Waals surface area contributed by atoms with Gasteiger partial charge in [-0.2, -0.15) is 5.10 Å². The number of hydrogen-bond donors (Lipinski definition) is 2. The number of nitrogens with one attached hydrogen (secondary N) is 1. The van der Waals surface area contributed by atoms with Gasteiger partial charge in [0.1, 0.15) is 0 Å². The van der Waals surface area contributed by atoms with Crippen molar-refractivity contribution in [2.24, 2.45) is 5.84 Å². The first-order valence-corrected chi connectivity index (χ1v) is 7.14. The Hall–Kier alpha value is -1.30. The number of aromatic nitrogens is 2. The van der Waals surface area contributed by atoms with Crippen molar-refractivity contribution in [1.29, 1.82) is 0 Å². The molecule has 0 saturated carbocycles. The molecule has 0 saturated heterocycles. The molecule has 18 heavy (non-hydrogen) atoms. The first kappa shape index (κ1) is 13.1. The fourth-order valence-corrected chi connectivity index (χ4v) is 2.41. The van der Waals surface area contributed by atoms with Crippen molar-refractivity contribution in [3.63, 3.8) is 0 Å². The summed E-state index contributed by atoms with van der Waals surface area (Å²) < 4.78 is 1.95. The molecule has 3 N–H and O–H groups in total. The summed E-state index contributed by atoms with van der Waals surface area (Å²) in [6.07, 6.45) is 3.87. The maximum atomic E-state index is 5.69. The molecule has 2 aromatic rings. The van der Waals surface area contributed by atoms with Gasteiger partial charge in [-0.25, -0.2) is 5.43 Å². The van der Waals surface area contributed by atoms with Gasteiger partial charge in [0, 0.05) is 17.6 Å². The molecule has 0 radical (unpaired) electrons. The quantitative estimate of drug-likeness (QED) is 0.492. The van der Waals surface area contributed by atoms with Gasteiger partial charge in [-0.3, -0.25) is 10.5 Å². The lowest BCUT2D eigenvalue weighted by atomic mass is 10.0. The van der Waals surface area contributed by atoms with Gasteiger partial charge in [-0.05, 0) is 36.9 Å². The van der Waals surface area contributed by atoms with Crippen LogP contribution in [0.25, 0.3) is 0 Å². The van der Waals surface area contributed by atoms with Gasteiger partial charge in [-0.1, -0.05) is 12.1 Å². The van der Waals surface area contributed by atoms with Gasteiger partial charge in [-0.15, -0.1) is 11.8 Å². The molecule has 0 spiro atoms. The Balaban J connectivity index is 2.32. The van der Waals surface area contributed by atoms with Crippen molar-refractivity contribution in [2.45, 2.75) is 24.4 Å². The number of nitrogens with zero attached hydrogens (tertiary/aromatic N) is 2. The van der Waals surface area contributed by atoms with Crippen LogP contribution in [0.5, 0.6) is 0 Å². The lowest BCUT2D eigenvalue weighted by Gasteiger charge is -2.17. The predicted molar refractivity (Wildman–Crippen MR) is 75.3 cm³/mol. The lowest BCUT2D eigenvalue weighted by molar-refractivity contribution is 0.543. The van der Waals surface area contributed by atoms with Crippen molar-refractivity contribution in [1.82, 2.24) is 15.2 Å². The molecular formula is C13H18N4S. The molecule has 0 amide bonds. The second kappa shape index (κ2) is 6.04. The highest BCUT2D eigenvalue weighted by molar-refractivity contribution is 7.98. The molecule has 1 aromatic heterocycles. The largest absolute Gasteiger partial charge is 0.271 e. The summed E-state index contributed by atoms with van der Waals surface area (Å²) in [7, 11) is 0. The zero-order chi connectivity index (χ0) is 13.0. The second-order valence-corrected chi connectivity index (χ2v) is 4.82. The van der Waals surface area contributed by atoms with Crippen LogP contribution in [0.15, 0.2) is 41.4 Å². The van der Waals surface area contributed by atoms with Crippen molar-refractivity contribution in [3.8, 4) is 0 Å². The number of thioether (sulfide) groups is 1. The van der Waals surface area contributed by atoms with E-state index < -0.39 is 0 Å². The maximum Gasteiger partial charge on any atom is 0.0878 e. The van der Waals surface area contributed by atoms with Crippen molar-refractivity contribution >= 4 is 11.8 Å². The minimum Gasteiger partial charge on any atom is -0.271 e. The van der Waals surface area contributed by atoms with Gasteiger partial charge >= 0.3 is 0 Å². The fraction of sp³-hybridized carbons (Fsp3) is 0.308. The molecule has 1 heterocycles. The smallest absolute Gasteiger partial charge is 0.0878 e. The Morgan fingerprint density at radius 1 is 1.33 bits per heavy atom. The number of rotatable bonds is 5. The molecular weight excluding hydrogens is 244 g/mol. The highest BCUT2D eigenvalue weighted by Crippen LogP contribution is 2.23. The van der Waals surface area contributed by atoms with E-state index in [4.69, 9.17) is 5.84 Å². The SMILES string of the molecule is CCn1nccc1C(NN)c1ccc(SC)cc1. The lowest BCUT2D eigenvalue weighted by Crippen LogP contribution is -2.30. The second-order valence-electron chi connectivity index (χ2n) is 3.94. The first-order valence-electron chi connectivity index (χ1n) is 5.92. The van der Waals surface area contributed by atoms with Crippen LogP contribution in [-0.4, -0.2) is 16.0 Å². The summed E-state index contributed by atoms with van der Waals surface area (Å²) >= 11 is 1.73. The van der Waals surface area contributed by atoms with Crippen molar-refractivity contribution in [2.75, 3.05) is 6.26 Å². The van der Waals surface area contributed by atoms with Crippen LogP contribution < -0.4 is 11.3 Å². The standard InChI is InChI=1S/C13H18N4S/c1-3-17-12(8-9-15-17)13(16-14)10-4-6-11(18-2)7-5-10/h4-9,13,16H,3,14H2,1-2H3. The predicted octanol–water partition coefficient (Wildman–Crippen LogP) is 2.18. The van der Waals surface area contributed by atoms with E-state index >= 15 is 0 Å². The monoisotopic (exact) mass is 262 g/mol. The molecule has 0 aliphatic carbocycles. The van der Waals surface area contributed by atoms with E-state index in [-0.39, 0.29) is 6.04 Å². The third-order valence-electron chi connectivity index (χ3n) is 2.96. The van der Waals surface area contributed by atoms with Crippen LogP contribution in [0, 0.1) is 0 Å². The van der Waals surface area contributed by atoms with E-state index in [1.165, 1.54) is 4.90 Å². The van der Waals surface area contributed by atoms with Crippen molar-refractivity contribution in [3.05, 3.63) is 47.8 Å². The van der Waals surface area contributed by atoms with Gasteiger partial charge < -0.3 is 0 Å². The minimum absolute atomic E-state index is 0.0247. The number of nitrogens with two attached hydrogens (primary N) is 1. The summed E-state index contributed by atoms with van der Waals surface area (Å²) in [6, 6.07) is 10.4. The Bertz CT molecular complexity index is 492. The highest BCUT2D eigenvalue weighted by atomic mass is 32.2. The highest BCUT2D eigenvalue weighted by Gasteiger charge is 2.16. The average molecular weight is 262 g/mol. The molecule has 1 unspecified atom stereocenters. The molecule has 0 aliphatic heterocycles. The molecule has 2 rings (SSSR count). The third kappa shape index (κ3) is 2.58. The fourth-order valence-electron chi connectivity index (χ4n) is 2.00. The van der Waals surface area contributed by atoms with E-state index in [9.17, 15) is 0 Å². The van der Waals surface area contributed by atoms with E-state index in [1.807, 2.05) is 10.7 Å². The summed E-state index contributed by atoms with van der Waals surface area (Å²) in [5, 5.41) is 4.28. The summed E-state index contributed by atoms with van der Waals surface area (Å²) in [5.41, 5.74) is 5.09. The van der Waals surface area contributed by atoms with Crippen LogP contribution in [0.3, 0.4) is 0 Å². The number of hydrogen-bond acceptors (Lipinski definition) is 4. The van der Waals surface area contributed by atoms with Gasteiger partial charge in [0.25, 0.3) is 0 Å². The summed E-state index contributed by atoms with van der Waals surface area (Å²) in [6.45, 7) is 2.91. The number of aryl methyl sites for hydroxylation is 1. The maximum absolute atomic E-state index is 5.69. The normalized spacial score (nSPS) is 12.6. The number of benzene rings is 1. The summed E-state index contributed by atoms with van der Waals surface area (Å²) in [5.74, 6) is 5.69. The Morgan fingerprint density at radius 2 is 2.06 bits per heavy atom. The van der Waals surface area contributed by atoms with Crippen LogP contribution in [0.1, 0.15) is 24.2 Å².